The molecular formula is C20H24N2O2. The third-order valence-electron chi connectivity index (χ3n) is 4.76. The van der Waals surface area contributed by atoms with Crippen LogP contribution in [0.1, 0.15) is 29.3 Å². The highest BCUT2D eigenvalue weighted by Gasteiger charge is 2.25. The van der Waals surface area contributed by atoms with Crippen molar-refractivity contribution < 1.29 is 9.90 Å². The van der Waals surface area contributed by atoms with E-state index in [9.17, 15) is 4.79 Å². The van der Waals surface area contributed by atoms with E-state index in [-0.39, 0.29) is 0 Å². The number of carboxylic acid groups (broad SMARTS) is 1. The van der Waals surface area contributed by atoms with Crippen LogP contribution < -0.4 is 4.90 Å². The van der Waals surface area contributed by atoms with Crippen molar-refractivity contribution in [3.05, 3.63) is 65.7 Å². The molecule has 1 unspecified atom stereocenters. The summed E-state index contributed by atoms with van der Waals surface area (Å²) in [5, 5.41) is 9.15. The van der Waals surface area contributed by atoms with E-state index < -0.39 is 5.97 Å². The van der Waals surface area contributed by atoms with Crippen LogP contribution in [0.5, 0.6) is 0 Å². The Morgan fingerprint density at radius 1 is 1.12 bits per heavy atom. The number of aromatic carboxylic acids is 1. The van der Waals surface area contributed by atoms with Gasteiger partial charge in [0.15, 0.2) is 0 Å². The second-order valence-corrected chi connectivity index (χ2v) is 6.32. The van der Waals surface area contributed by atoms with Crippen molar-refractivity contribution in [2.75, 3.05) is 24.5 Å². The first-order valence-corrected chi connectivity index (χ1v) is 8.53. The summed E-state index contributed by atoms with van der Waals surface area (Å²) in [5.74, 6) is -0.863. The van der Waals surface area contributed by atoms with E-state index >= 15 is 0 Å². The lowest BCUT2D eigenvalue weighted by molar-refractivity contribution is 0.0696. The van der Waals surface area contributed by atoms with Crippen LogP contribution in [0, 0.1) is 0 Å². The molecule has 1 fully saturated rings. The first-order valence-electron chi connectivity index (χ1n) is 8.53. The fraction of sp³-hybridized carbons (Fsp3) is 0.350. The van der Waals surface area contributed by atoms with Crippen LogP contribution in [0.15, 0.2) is 54.6 Å². The van der Waals surface area contributed by atoms with Gasteiger partial charge in [-0.05, 0) is 36.2 Å². The molecule has 0 bridgehead atoms. The topological polar surface area (TPSA) is 43.8 Å². The summed E-state index contributed by atoms with van der Waals surface area (Å²) >= 11 is 0. The van der Waals surface area contributed by atoms with Crippen LogP contribution in [0.4, 0.5) is 5.69 Å². The fourth-order valence-corrected chi connectivity index (χ4v) is 3.40. The zero-order chi connectivity index (χ0) is 16.9. The van der Waals surface area contributed by atoms with Crippen LogP contribution in [0.2, 0.25) is 0 Å². The number of anilines is 1. The van der Waals surface area contributed by atoms with Crippen LogP contribution in [0.3, 0.4) is 0 Å². The molecule has 0 aliphatic carbocycles. The smallest absolute Gasteiger partial charge is 0.335 e. The summed E-state index contributed by atoms with van der Waals surface area (Å²) in [5.41, 5.74) is 2.72. The van der Waals surface area contributed by atoms with E-state index in [0.29, 0.717) is 11.6 Å². The summed E-state index contributed by atoms with van der Waals surface area (Å²) in [6.07, 6.45) is 1.09. The lowest BCUT2D eigenvalue weighted by Crippen LogP contribution is -2.52. The standard InChI is InChI=1S/C20H24N2O2/c1-2-18-15-22(19-9-4-3-5-10-19)12-11-21(18)14-16-7-6-8-17(13-16)20(23)24/h3-10,13,18H,2,11-12,14-15H2,1H3,(H,23,24). The van der Waals surface area contributed by atoms with E-state index in [4.69, 9.17) is 5.11 Å². The van der Waals surface area contributed by atoms with Crippen LogP contribution in [0.25, 0.3) is 0 Å². The van der Waals surface area contributed by atoms with Crippen molar-refractivity contribution in [2.24, 2.45) is 0 Å². The van der Waals surface area contributed by atoms with E-state index in [1.54, 1.807) is 12.1 Å². The number of carbonyl (C=O) groups is 1. The van der Waals surface area contributed by atoms with Crippen molar-refractivity contribution >= 4 is 11.7 Å². The van der Waals surface area contributed by atoms with Gasteiger partial charge in [0.05, 0.1) is 5.56 Å². The minimum Gasteiger partial charge on any atom is -0.478 e. The molecule has 1 heterocycles. The molecule has 1 aliphatic rings. The van der Waals surface area contributed by atoms with Gasteiger partial charge in [-0.3, -0.25) is 4.90 Å². The predicted octanol–water partition coefficient (Wildman–Crippen LogP) is 3.49. The van der Waals surface area contributed by atoms with E-state index in [1.165, 1.54) is 5.69 Å². The number of carboxylic acids is 1. The molecule has 1 saturated heterocycles. The first-order chi connectivity index (χ1) is 11.7. The summed E-state index contributed by atoms with van der Waals surface area (Å²) < 4.78 is 0. The third kappa shape index (κ3) is 3.77. The average Bonchev–Trinajstić information content (AvgIpc) is 2.63. The quantitative estimate of drug-likeness (QED) is 0.914. The SMILES string of the molecule is CCC1CN(c2ccccc2)CCN1Cc1cccc(C(=O)O)c1. The molecule has 126 valence electrons. The molecular weight excluding hydrogens is 300 g/mol. The largest absolute Gasteiger partial charge is 0.478 e. The molecule has 1 N–H and O–H groups in total. The fourth-order valence-electron chi connectivity index (χ4n) is 3.40. The number of piperazine rings is 1. The lowest BCUT2D eigenvalue weighted by atomic mass is 10.1. The van der Waals surface area contributed by atoms with E-state index in [0.717, 1.165) is 38.2 Å². The Balaban J connectivity index is 1.69. The molecule has 0 amide bonds. The van der Waals surface area contributed by atoms with E-state index in [2.05, 4.69) is 41.0 Å². The second kappa shape index (κ2) is 7.49. The monoisotopic (exact) mass is 324 g/mol. The van der Waals surface area contributed by atoms with Crippen molar-refractivity contribution in [1.82, 2.24) is 4.90 Å². The average molecular weight is 324 g/mol. The number of hydrogen-bond donors (Lipinski definition) is 1. The minimum atomic E-state index is -0.863. The zero-order valence-electron chi connectivity index (χ0n) is 14.1. The molecule has 24 heavy (non-hydrogen) atoms. The van der Waals surface area contributed by atoms with Crippen LogP contribution in [-0.2, 0) is 6.54 Å². The molecule has 0 saturated carbocycles. The zero-order valence-corrected chi connectivity index (χ0v) is 14.1. The maximum absolute atomic E-state index is 11.1. The van der Waals surface area contributed by atoms with Gasteiger partial charge in [-0.2, -0.15) is 0 Å². The van der Waals surface area contributed by atoms with Crippen molar-refractivity contribution in [3.63, 3.8) is 0 Å². The summed E-state index contributed by atoms with van der Waals surface area (Å²) in [6, 6.07) is 18.3. The molecule has 1 aliphatic heterocycles. The van der Waals surface area contributed by atoms with Gasteiger partial charge in [0.1, 0.15) is 0 Å². The second-order valence-electron chi connectivity index (χ2n) is 6.32. The van der Waals surface area contributed by atoms with Gasteiger partial charge < -0.3 is 10.0 Å². The van der Waals surface area contributed by atoms with Gasteiger partial charge in [0, 0.05) is 37.9 Å². The summed E-state index contributed by atoms with van der Waals surface area (Å²) in [4.78, 5) is 16.1. The minimum absolute atomic E-state index is 0.364. The molecule has 2 aromatic carbocycles. The van der Waals surface area contributed by atoms with Crippen molar-refractivity contribution in [1.29, 1.82) is 0 Å². The Labute approximate surface area is 143 Å². The van der Waals surface area contributed by atoms with Gasteiger partial charge in [0.25, 0.3) is 0 Å². The van der Waals surface area contributed by atoms with Gasteiger partial charge in [-0.1, -0.05) is 37.3 Å². The van der Waals surface area contributed by atoms with Crippen molar-refractivity contribution in [3.8, 4) is 0 Å². The Morgan fingerprint density at radius 3 is 2.62 bits per heavy atom. The molecule has 0 aromatic heterocycles. The molecule has 4 nitrogen and oxygen atoms in total. The Kier molecular flexibility index (Phi) is 5.16. The number of rotatable bonds is 5. The summed E-state index contributed by atoms with van der Waals surface area (Å²) in [6.45, 7) is 6.03. The highest BCUT2D eigenvalue weighted by molar-refractivity contribution is 5.87. The molecule has 2 aromatic rings. The number of para-hydroxylation sites is 1. The highest BCUT2D eigenvalue weighted by Crippen LogP contribution is 2.22. The molecule has 0 radical (unpaired) electrons. The van der Waals surface area contributed by atoms with E-state index in [1.807, 2.05) is 18.2 Å². The maximum atomic E-state index is 11.1. The highest BCUT2D eigenvalue weighted by atomic mass is 16.4. The van der Waals surface area contributed by atoms with Crippen molar-refractivity contribution in [2.45, 2.75) is 25.9 Å². The molecule has 3 rings (SSSR count). The predicted molar refractivity (Wildman–Crippen MR) is 96.5 cm³/mol. The van der Waals surface area contributed by atoms with Crippen LogP contribution in [-0.4, -0.2) is 41.7 Å². The Morgan fingerprint density at radius 2 is 1.92 bits per heavy atom. The number of benzene rings is 2. The van der Waals surface area contributed by atoms with Crippen LogP contribution >= 0.6 is 0 Å². The summed E-state index contributed by atoms with van der Waals surface area (Å²) in [7, 11) is 0. The Bertz CT molecular complexity index is 687. The number of nitrogens with zero attached hydrogens (tertiary/aromatic N) is 2. The van der Waals surface area contributed by atoms with Gasteiger partial charge in [-0.15, -0.1) is 0 Å². The lowest BCUT2D eigenvalue weighted by Gasteiger charge is -2.42. The first kappa shape index (κ1) is 16.5. The third-order valence-corrected chi connectivity index (χ3v) is 4.76. The number of hydrogen-bond acceptors (Lipinski definition) is 3. The van der Waals surface area contributed by atoms with Gasteiger partial charge in [0.2, 0.25) is 0 Å². The molecule has 0 spiro atoms. The van der Waals surface area contributed by atoms with Gasteiger partial charge in [-0.25, -0.2) is 4.79 Å². The van der Waals surface area contributed by atoms with Gasteiger partial charge >= 0.3 is 5.97 Å². The molecule has 1 atom stereocenters. The maximum Gasteiger partial charge on any atom is 0.335 e. The molecule has 4 heteroatoms. The normalized spacial score (nSPS) is 18.5. The Hall–Kier alpha value is -2.33.